The molecule has 5 heteroatoms. The summed E-state index contributed by atoms with van der Waals surface area (Å²) < 4.78 is 19.5. The third-order valence-electron chi connectivity index (χ3n) is 10.5. The minimum absolute atomic E-state index is 0.0966. The van der Waals surface area contributed by atoms with Gasteiger partial charge in [-0.15, -0.1) is 0 Å². The van der Waals surface area contributed by atoms with E-state index in [1.807, 2.05) is 42.5 Å². The molecule has 0 fully saturated rings. The summed E-state index contributed by atoms with van der Waals surface area (Å²) in [7, 11) is 0. The Balaban J connectivity index is 1.10. The first-order valence-electron chi connectivity index (χ1n) is 17.2. The molecule has 0 bridgehead atoms. The second-order valence-electron chi connectivity index (χ2n) is 13.4. The lowest BCUT2D eigenvalue weighted by molar-refractivity contribution is 0.184. The lowest BCUT2D eigenvalue weighted by atomic mass is 9.83. The molecule has 3 heterocycles. The average molecular weight is 647 g/mol. The van der Waals surface area contributed by atoms with E-state index in [9.17, 15) is 0 Å². The monoisotopic (exact) mass is 646 g/mol. The van der Waals surface area contributed by atoms with Crippen LogP contribution in [0.1, 0.15) is 29.2 Å². The highest BCUT2D eigenvalue weighted by Gasteiger charge is 2.38. The van der Waals surface area contributed by atoms with Gasteiger partial charge in [0.15, 0.2) is 5.58 Å². The molecular formula is C45H30N2O3. The van der Waals surface area contributed by atoms with Crippen molar-refractivity contribution in [2.24, 2.45) is 4.99 Å². The SMILES string of the molecule is c1ccc(C2=NC3CCc4ccc5cc(N(c6ccc7oc8ccccc8c7c6)c6cccc7c6oc6ccccc67)ccc5c4C3O2)cc1. The normalized spacial score (nSPS) is 16.9. The van der Waals surface area contributed by atoms with E-state index in [4.69, 9.17) is 18.6 Å². The summed E-state index contributed by atoms with van der Waals surface area (Å²) in [6.45, 7) is 0. The molecule has 0 saturated heterocycles. The van der Waals surface area contributed by atoms with Crippen LogP contribution in [0.4, 0.5) is 17.1 Å². The molecule has 0 radical (unpaired) electrons. The fourth-order valence-electron chi connectivity index (χ4n) is 8.21. The van der Waals surface area contributed by atoms with E-state index in [-0.39, 0.29) is 12.1 Å². The maximum atomic E-state index is 6.67. The topological polar surface area (TPSA) is 51.1 Å². The number of ether oxygens (including phenoxy) is 1. The maximum absolute atomic E-state index is 6.67. The third kappa shape index (κ3) is 4.10. The average Bonchev–Trinajstić information content (AvgIpc) is 3.89. The molecule has 9 aromatic rings. The fraction of sp³-hybridized carbons (Fsp3) is 0.0889. The number of para-hydroxylation sites is 3. The summed E-state index contributed by atoms with van der Waals surface area (Å²) in [5.41, 5.74) is 10.1. The first-order chi connectivity index (χ1) is 24.8. The minimum Gasteiger partial charge on any atom is -0.467 e. The molecule has 1 aliphatic heterocycles. The fourth-order valence-corrected chi connectivity index (χ4v) is 8.21. The molecule has 1 aliphatic carbocycles. The summed E-state index contributed by atoms with van der Waals surface area (Å²) in [6, 6.07) is 51.1. The summed E-state index contributed by atoms with van der Waals surface area (Å²) >= 11 is 0. The number of aliphatic imine (C=N–C) groups is 1. The van der Waals surface area contributed by atoms with Crippen molar-refractivity contribution in [2.75, 3.05) is 4.90 Å². The van der Waals surface area contributed by atoms with Crippen molar-refractivity contribution >= 4 is 77.6 Å². The second-order valence-corrected chi connectivity index (χ2v) is 13.4. The third-order valence-corrected chi connectivity index (χ3v) is 10.5. The summed E-state index contributed by atoms with van der Waals surface area (Å²) in [4.78, 5) is 7.38. The zero-order chi connectivity index (χ0) is 32.8. The molecule has 7 aromatic carbocycles. The largest absolute Gasteiger partial charge is 0.467 e. The van der Waals surface area contributed by atoms with Crippen LogP contribution in [0.25, 0.3) is 54.6 Å². The number of anilines is 3. The Morgan fingerprint density at radius 3 is 2.16 bits per heavy atom. The molecule has 2 aliphatic rings. The van der Waals surface area contributed by atoms with Gasteiger partial charge in [-0.25, -0.2) is 4.99 Å². The molecule has 238 valence electrons. The van der Waals surface area contributed by atoms with E-state index in [2.05, 4.69) is 108 Å². The van der Waals surface area contributed by atoms with Crippen LogP contribution in [0, 0.1) is 0 Å². The Labute approximate surface area is 287 Å². The molecule has 2 aromatic heterocycles. The molecule has 0 N–H and O–H groups in total. The minimum atomic E-state index is -0.0966. The van der Waals surface area contributed by atoms with Gasteiger partial charge in [-0.05, 0) is 89.8 Å². The number of furan rings is 2. The van der Waals surface area contributed by atoms with Gasteiger partial charge in [0.1, 0.15) is 22.9 Å². The molecule has 5 nitrogen and oxygen atoms in total. The Hall–Kier alpha value is -6.33. The first kappa shape index (κ1) is 27.6. The van der Waals surface area contributed by atoms with Gasteiger partial charge in [0.2, 0.25) is 5.90 Å². The van der Waals surface area contributed by atoms with E-state index < -0.39 is 0 Å². The number of nitrogens with zero attached hydrogens (tertiary/aromatic N) is 2. The highest BCUT2D eigenvalue weighted by Crippen LogP contribution is 2.47. The smallest absolute Gasteiger partial charge is 0.217 e. The molecule has 0 amide bonds. The van der Waals surface area contributed by atoms with Crippen LogP contribution >= 0.6 is 0 Å². The zero-order valence-electron chi connectivity index (χ0n) is 27.0. The van der Waals surface area contributed by atoms with Crippen molar-refractivity contribution in [1.29, 1.82) is 0 Å². The Kier molecular flexibility index (Phi) is 5.84. The van der Waals surface area contributed by atoms with Crippen LogP contribution in [-0.2, 0) is 11.2 Å². The number of hydrogen-bond donors (Lipinski definition) is 0. The quantitative estimate of drug-likeness (QED) is 0.191. The van der Waals surface area contributed by atoms with Crippen LogP contribution in [0.3, 0.4) is 0 Å². The van der Waals surface area contributed by atoms with Gasteiger partial charge in [0, 0.05) is 44.0 Å². The van der Waals surface area contributed by atoms with Crippen LogP contribution in [-0.4, -0.2) is 11.9 Å². The molecule has 11 rings (SSSR count). The van der Waals surface area contributed by atoms with E-state index in [1.54, 1.807) is 0 Å². The van der Waals surface area contributed by atoms with Crippen LogP contribution in [0.2, 0.25) is 0 Å². The molecule has 0 saturated carbocycles. The Morgan fingerprint density at radius 2 is 1.28 bits per heavy atom. The molecular weight excluding hydrogens is 617 g/mol. The van der Waals surface area contributed by atoms with Crippen molar-refractivity contribution in [3.8, 4) is 0 Å². The number of rotatable bonds is 4. The number of hydrogen-bond acceptors (Lipinski definition) is 5. The van der Waals surface area contributed by atoms with E-state index in [0.29, 0.717) is 0 Å². The van der Waals surface area contributed by atoms with Crippen molar-refractivity contribution in [3.63, 3.8) is 0 Å². The van der Waals surface area contributed by atoms with Gasteiger partial charge >= 0.3 is 0 Å². The second kappa shape index (κ2) is 10.6. The maximum Gasteiger partial charge on any atom is 0.217 e. The number of fused-ring (bicyclic) bond motifs is 11. The summed E-state index contributed by atoms with van der Waals surface area (Å²) in [5, 5.41) is 6.74. The van der Waals surface area contributed by atoms with Crippen molar-refractivity contribution in [2.45, 2.75) is 25.0 Å². The predicted molar refractivity (Wildman–Crippen MR) is 202 cm³/mol. The van der Waals surface area contributed by atoms with E-state index >= 15 is 0 Å². The molecule has 50 heavy (non-hydrogen) atoms. The number of benzene rings is 7. The lowest BCUT2D eigenvalue weighted by Gasteiger charge is -2.29. The van der Waals surface area contributed by atoms with Crippen LogP contribution < -0.4 is 4.90 Å². The van der Waals surface area contributed by atoms with Gasteiger partial charge in [-0.3, -0.25) is 0 Å². The Bertz CT molecular complexity index is 2830. The highest BCUT2D eigenvalue weighted by molar-refractivity contribution is 6.11. The Morgan fingerprint density at radius 1 is 0.560 bits per heavy atom. The first-order valence-corrected chi connectivity index (χ1v) is 17.2. The summed E-state index contributed by atoms with van der Waals surface area (Å²) in [5.74, 6) is 0.745. The van der Waals surface area contributed by atoms with Gasteiger partial charge < -0.3 is 18.5 Å². The van der Waals surface area contributed by atoms with Gasteiger partial charge in [0.05, 0.1) is 11.7 Å². The van der Waals surface area contributed by atoms with Crippen LogP contribution in [0.5, 0.6) is 0 Å². The molecule has 2 atom stereocenters. The zero-order valence-corrected chi connectivity index (χ0v) is 27.0. The van der Waals surface area contributed by atoms with Crippen LogP contribution in [0.15, 0.2) is 159 Å². The van der Waals surface area contributed by atoms with Gasteiger partial charge in [-0.2, -0.15) is 0 Å². The van der Waals surface area contributed by atoms with Crippen molar-refractivity contribution in [1.82, 2.24) is 0 Å². The molecule has 2 unspecified atom stereocenters. The predicted octanol–water partition coefficient (Wildman–Crippen LogP) is 11.9. The van der Waals surface area contributed by atoms with Gasteiger partial charge in [0.25, 0.3) is 0 Å². The highest BCUT2D eigenvalue weighted by atomic mass is 16.5. The van der Waals surface area contributed by atoms with E-state index in [0.717, 1.165) is 90.6 Å². The number of aryl methyl sites for hydroxylation is 1. The van der Waals surface area contributed by atoms with Crippen molar-refractivity contribution < 1.29 is 13.6 Å². The standard InChI is InChI=1S/C45H30N2O3/c1-2-9-28(10-3-1)45-46-37-23-19-27-17-18-29-25-30(20-22-32(29)42(27)44(37)50-45)47(31-21-24-41-36(26-31)34-12-5-6-15-39(34)48-41)38-14-8-13-35-33-11-4-7-16-40(33)49-43(35)38/h1-18,20-22,24-26,37,44H,19,23H2. The van der Waals surface area contributed by atoms with E-state index in [1.165, 1.54) is 16.5 Å². The summed E-state index contributed by atoms with van der Waals surface area (Å²) in [6.07, 6.45) is 1.88. The van der Waals surface area contributed by atoms with Gasteiger partial charge in [-0.1, -0.05) is 84.9 Å². The van der Waals surface area contributed by atoms with Crippen molar-refractivity contribution in [3.05, 3.63) is 162 Å². The lowest BCUT2D eigenvalue weighted by Crippen LogP contribution is -2.22. The molecule has 0 spiro atoms.